The van der Waals surface area contributed by atoms with Gasteiger partial charge in [0.2, 0.25) is 0 Å². The molecule has 8 heteroatoms. The van der Waals surface area contributed by atoms with E-state index in [0.29, 0.717) is 17.0 Å². The molecule has 3 aromatic rings. The second-order valence-corrected chi connectivity index (χ2v) is 6.43. The third kappa shape index (κ3) is 3.80. The molecule has 0 fully saturated rings. The fourth-order valence-electron chi connectivity index (χ4n) is 2.77. The van der Waals surface area contributed by atoms with Crippen molar-refractivity contribution in [3.63, 3.8) is 0 Å². The fraction of sp³-hybridized carbons (Fsp3) is 0.158. The lowest BCUT2D eigenvalue weighted by atomic mass is 9.87. The van der Waals surface area contributed by atoms with Gasteiger partial charge in [-0.15, -0.1) is 0 Å². The van der Waals surface area contributed by atoms with E-state index >= 15 is 0 Å². The molecule has 1 heterocycles. The summed E-state index contributed by atoms with van der Waals surface area (Å²) in [5.41, 5.74) is 12.5. The Morgan fingerprint density at radius 1 is 0.963 bits per heavy atom. The Labute approximate surface area is 159 Å². The predicted molar refractivity (Wildman–Crippen MR) is 97.9 cm³/mol. The van der Waals surface area contributed by atoms with Gasteiger partial charge in [0, 0.05) is 12.1 Å². The summed E-state index contributed by atoms with van der Waals surface area (Å²) in [7, 11) is 0. The van der Waals surface area contributed by atoms with Gasteiger partial charge in [0.05, 0.1) is 27.5 Å². The molecule has 140 valence electrons. The highest BCUT2D eigenvalue weighted by Crippen LogP contribution is 2.37. The summed E-state index contributed by atoms with van der Waals surface area (Å²) >= 11 is 5.81. The Balaban J connectivity index is 2.05. The lowest BCUT2D eigenvalue weighted by molar-refractivity contribution is -0.137. The zero-order valence-electron chi connectivity index (χ0n) is 14.0. The molecule has 2 aromatic carbocycles. The Bertz CT molecular complexity index is 947. The molecule has 0 saturated carbocycles. The molecule has 4 nitrogen and oxygen atoms in total. The van der Waals surface area contributed by atoms with Crippen LogP contribution in [0.15, 0.2) is 60.9 Å². The van der Waals surface area contributed by atoms with Gasteiger partial charge in [-0.25, -0.2) is 9.97 Å². The first-order valence-electron chi connectivity index (χ1n) is 8.00. The lowest BCUT2D eigenvalue weighted by Crippen LogP contribution is -2.45. The van der Waals surface area contributed by atoms with Gasteiger partial charge in [0.25, 0.3) is 0 Å². The molecule has 1 aromatic heterocycles. The van der Waals surface area contributed by atoms with Crippen LogP contribution in [0.25, 0.3) is 11.3 Å². The summed E-state index contributed by atoms with van der Waals surface area (Å²) in [6.07, 6.45) is -3.22. The van der Waals surface area contributed by atoms with E-state index in [0.717, 1.165) is 11.6 Å². The van der Waals surface area contributed by atoms with E-state index in [1.54, 1.807) is 6.07 Å². The third-order valence-electron chi connectivity index (χ3n) is 4.31. The van der Waals surface area contributed by atoms with Crippen LogP contribution in [0.1, 0.15) is 16.8 Å². The molecule has 0 radical (unpaired) electrons. The van der Waals surface area contributed by atoms with Crippen molar-refractivity contribution in [2.75, 3.05) is 6.54 Å². The number of nitrogens with zero attached hydrogens (tertiary/aromatic N) is 2. The largest absolute Gasteiger partial charge is 0.417 e. The van der Waals surface area contributed by atoms with Gasteiger partial charge in [-0.3, -0.25) is 0 Å². The molecule has 27 heavy (non-hydrogen) atoms. The third-order valence-corrected chi connectivity index (χ3v) is 4.62. The maximum atomic E-state index is 12.9. The van der Waals surface area contributed by atoms with E-state index in [9.17, 15) is 13.2 Å². The van der Waals surface area contributed by atoms with Crippen LogP contribution in [-0.4, -0.2) is 16.5 Å². The van der Waals surface area contributed by atoms with Crippen LogP contribution < -0.4 is 11.5 Å². The smallest absolute Gasteiger partial charge is 0.328 e. The minimum absolute atomic E-state index is 0.0846. The van der Waals surface area contributed by atoms with Crippen molar-refractivity contribution in [1.29, 1.82) is 0 Å². The molecule has 0 aliphatic carbocycles. The minimum atomic E-state index is -4.52. The summed E-state index contributed by atoms with van der Waals surface area (Å²) in [6, 6.07) is 14.3. The maximum Gasteiger partial charge on any atom is 0.417 e. The highest BCUT2D eigenvalue weighted by atomic mass is 35.5. The first-order chi connectivity index (χ1) is 12.8. The summed E-state index contributed by atoms with van der Waals surface area (Å²) < 4.78 is 38.7. The van der Waals surface area contributed by atoms with Crippen molar-refractivity contribution < 1.29 is 13.2 Å². The van der Waals surface area contributed by atoms with Gasteiger partial charge in [0.15, 0.2) is 0 Å². The van der Waals surface area contributed by atoms with Gasteiger partial charge >= 0.3 is 6.18 Å². The standard InChI is InChI=1S/C19H16ClF3N4/c20-15-8-12(6-7-14(15)19(21,22)23)16-9-17(27-11-26-16)18(25,10-24)13-4-2-1-3-5-13/h1-9,11H,10,24-25H2. The van der Waals surface area contributed by atoms with Crippen molar-refractivity contribution in [3.8, 4) is 11.3 Å². The number of alkyl halides is 3. The van der Waals surface area contributed by atoms with Crippen LogP contribution >= 0.6 is 11.6 Å². The minimum Gasteiger partial charge on any atom is -0.328 e. The average molecular weight is 393 g/mol. The van der Waals surface area contributed by atoms with Crippen LogP contribution in [0.2, 0.25) is 5.02 Å². The normalized spacial score (nSPS) is 14.0. The van der Waals surface area contributed by atoms with Crippen LogP contribution in [-0.2, 0) is 11.7 Å². The van der Waals surface area contributed by atoms with Gasteiger partial charge in [0.1, 0.15) is 6.33 Å². The fourth-order valence-corrected chi connectivity index (χ4v) is 3.06. The monoisotopic (exact) mass is 392 g/mol. The van der Waals surface area contributed by atoms with Crippen LogP contribution in [0.4, 0.5) is 13.2 Å². The SMILES string of the molecule is NCC(N)(c1ccccc1)c1cc(-c2ccc(C(F)(F)F)c(Cl)c2)ncn1. The molecule has 3 rings (SSSR count). The van der Waals surface area contributed by atoms with E-state index in [4.69, 9.17) is 23.1 Å². The molecular formula is C19H16ClF3N4. The summed E-state index contributed by atoms with van der Waals surface area (Å²) in [5, 5.41) is -0.402. The van der Waals surface area contributed by atoms with Crippen LogP contribution in [0.5, 0.6) is 0 Å². The van der Waals surface area contributed by atoms with Gasteiger partial charge in [-0.2, -0.15) is 13.2 Å². The zero-order valence-corrected chi connectivity index (χ0v) is 14.8. The van der Waals surface area contributed by atoms with Crippen molar-refractivity contribution in [1.82, 2.24) is 9.97 Å². The van der Waals surface area contributed by atoms with E-state index in [1.807, 2.05) is 30.3 Å². The Kier molecular flexibility index (Phi) is 5.19. The second kappa shape index (κ2) is 7.26. The molecule has 0 aliphatic rings. The second-order valence-electron chi connectivity index (χ2n) is 6.02. The molecule has 0 saturated heterocycles. The topological polar surface area (TPSA) is 77.8 Å². The quantitative estimate of drug-likeness (QED) is 0.704. The van der Waals surface area contributed by atoms with E-state index in [2.05, 4.69) is 9.97 Å². The number of aromatic nitrogens is 2. The maximum absolute atomic E-state index is 12.9. The van der Waals surface area contributed by atoms with Crippen molar-refractivity contribution in [3.05, 3.63) is 82.8 Å². The summed E-state index contributed by atoms with van der Waals surface area (Å²) in [6.45, 7) is 0.0846. The molecule has 4 N–H and O–H groups in total. The molecule has 0 bridgehead atoms. The van der Waals surface area contributed by atoms with Crippen LogP contribution in [0, 0.1) is 0 Å². The number of nitrogens with two attached hydrogens (primary N) is 2. The number of halogens is 4. The first-order valence-corrected chi connectivity index (χ1v) is 8.37. The summed E-state index contributed by atoms with van der Waals surface area (Å²) in [5.74, 6) is 0. The predicted octanol–water partition coefficient (Wildman–Crippen LogP) is 3.98. The first kappa shape index (κ1) is 19.3. The Morgan fingerprint density at radius 2 is 1.67 bits per heavy atom. The number of rotatable bonds is 4. The Hall–Kier alpha value is -2.48. The van der Waals surface area contributed by atoms with Crippen molar-refractivity contribution in [2.24, 2.45) is 11.5 Å². The van der Waals surface area contributed by atoms with E-state index < -0.39 is 22.3 Å². The highest BCUT2D eigenvalue weighted by molar-refractivity contribution is 6.31. The summed E-state index contributed by atoms with van der Waals surface area (Å²) in [4.78, 5) is 8.37. The highest BCUT2D eigenvalue weighted by Gasteiger charge is 2.33. The zero-order chi connectivity index (χ0) is 19.7. The molecular weight excluding hydrogens is 377 g/mol. The molecule has 0 spiro atoms. The van der Waals surface area contributed by atoms with Crippen LogP contribution in [0.3, 0.4) is 0 Å². The molecule has 1 unspecified atom stereocenters. The van der Waals surface area contributed by atoms with Crippen molar-refractivity contribution >= 4 is 11.6 Å². The Morgan fingerprint density at radius 3 is 2.26 bits per heavy atom. The number of benzene rings is 2. The van der Waals surface area contributed by atoms with E-state index in [-0.39, 0.29) is 6.54 Å². The number of hydrogen-bond acceptors (Lipinski definition) is 4. The van der Waals surface area contributed by atoms with Gasteiger partial charge in [-0.1, -0.05) is 48.0 Å². The van der Waals surface area contributed by atoms with Crippen molar-refractivity contribution in [2.45, 2.75) is 11.7 Å². The lowest BCUT2D eigenvalue weighted by Gasteiger charge is -2.28. The molecule has 1 atom stereocenters. The molecule has 0 amide bonds. The van der Waals surface area contributed by atoms with Gasteiger partial charge < -0.3 is 11.5 Å². The number of hydrogen-bond donors (Lipinski definition) is 2. The van der Waals surface area contributed by atoms with Gasteiger partial charge in [-0.05, 0) is 23.8 Å². The van der Waals surface area contributed by atoms with E-state index in [1.165, 1.54) is 18.5 Å². The average Bonchev–Trinajstić information content (AvgIpc) is 2.67. The molecule has 0 aliphatic heterocycles.